The Morgan fingerprint density at radius 3 is 2.71 bits per heavy atom. The number of sulfonamides is 1. The molecule has 0 spiro atoms. The molecule has 0 unspecified atom stereocenters. The summed E-state index contributed by atoms with van der Waals surface area (Å²) in [5, 5.41) is 6.54. The highest BCUT2D eigenvalue weighted by Gasteiger charge is 2.37. The third-order valence-electron chi connectivity index (χ3n) is 4.36. The van der Waals surface area contributed by atoms with Crippen molar-refractivity contribution >= 4 is 48.3 Å². The second kappa shape index (κ2) is 8.99. The van der Waals surface area contributed by atoms with Gasteiger partial charge in [0.2, 0.25) is 5.13 Å². The number of anilines is 2. The van der Waals surface area contributed by atoms with Crippen LogP contribution in [0.4, 0.5) is 15.2 Å². The van der Waals surface area contributed by atoms with Crippen molar-refractivity contribution in [2.45, 2.75) is 36.1 Å². The van der Waals surface area contributed by atoms with Crippen LogP contribution in [0.2, 0.25) is 0 Å². The van der Waals surface area contributed by atoms with E-state index in [2.05, 4.69) is 40.6 Å². The van der Waals surface area contributed by atoms with E-state index in [1.54, 1.807) is 0 Å². The summed E-state index contributed by atoms with van der Waals surface area (Å²) in [5.41, 5.74) is 6.51. The van der Waals surface area contributed by atoms with E-state index in [9.17, 15) is 12.8 Å². The zero-order chi connectivity index (χ0) is 20.2. The predicted octanol–water partition coefficient (Wildman–Crippen LogP) is 2.51. The molecule has 3 rings (SSSR count). The zero-order valence-electron chi connectivity index (χ0n) is 15.0. The van der Waals surface area contributed by atoms with Gasteiger partial charge < -0.3 is 16.4 Å². The van der Waals surface area contributed by atoms with Gasteiger partial charge in [-0.2, -0.15) is 4.37 Å². The summed E-state index contributed by atoms with van der Waals surface area (Å²) in [6.45, 7) is 2.37. The summed E-state index contributed by atoms with van der Waals surface area (Å²) in [4.78, 5) is 3.28. The molecule has 12 heteroatoms. The Morgan fingerprint density at radius 1 is 1.29 bits per heavy atom. The molecule has 28 heavy (non-hydrogen) atoms. The van der Waals surface area contributed by atoms with Crippen LogP contribution in [0.1, 0.15) is 25.7 Å². The van der Waals surface area contributed by atoms with Crippen LogP contribution in [0.25, 0.3) is 0 Å². The molecule has 0 saturated heterocycles. The van der Waals surface area contributed by atoms with Crippen molar-refractivity contribution in [3.8, 4) is 0 Å². The molecule has 0 atom stereocenters. The molecule has 0 bridgehead atoms. The minimum atomic E-state index is -4.09. The third-order valence-corrected chi connectivity index (χ3v) is 7.08. The SMILES string of the molecule is NC1(CNCCCCNc2cc(F)c(S(=O)(=O)Nc3ncns3)cc2Br)CC1. The Morgan fingerprint density at radius 2 is 2.04 bits per heavy atom. The first kappa shape index (κ1) is 21.4. The van der Waals surface area contributed by atoms with Gasteiger partial charge in [-0.05, 0) is 60.3 Å². The minimum Gasteiger partial charge on any atom is -0.384 e. The molecule has 1 saturated carbocycles. The number of hydrogen-bond acceptors (Lipinski definition) is 8. The van der Waals surface area contributed by atoms with E-state index in [0.29, 0.717) is 16.7 Å². The van der Waals surface area contributed by atoms with Crippen LogP contribution >= 0.6 is 27.5 Å². The van der Waals surface area contributed by atoms with Crippen molar-refractivity contribution in [2.24, 2.45) is 5.73 Å². The van der Waals surface area contributed by atoms with E-state index >= 15 is 0 Å². The smallest absolute Gasteiger partial charge is 0.266 e. The number of hydrogen-bond donors (Lipinski definition) is 4. The number of halogens is 2. The molecule has 1 heterocycles. The van der Waals surface area contributed by atoms with Crippen molar-refractivity contribution in [1.29, 1.82) is 0 Å². The summed E-state index contributed by atoms with van der Waals surface area (Å²) in [7, 11) is -4.09. The van der Waals surface area contributed by atoms with Gasteiger partial charge in [0.1, 0.15) is 17.0 Å². The second-order valence-electron chi connectivity index (χ2n) is 6.79. The van der Waals surface area contributed by atoms with Crippen molar-refractivity contribution in [3.05, 3.63) is 28.7 Å². The topological polar surface area (TPSA) is 122 Å². The quantitative estimate of drug-likeness (QED) is 0.355. The summed E-state index contributed by atoms with van der Waals surface area (Å²) >= 11 is 4.17. The number of nitrogens with one attached hydrogen (secondary N) is 3. The minimum absolute atomic E-state index is 0.00760. The van der Waals surface area contributed by atoms with Gasteiger partial charge in [-0.3, -0.25) is 4.72 Å². The van der Waals surface area contributed by atoms with Crippen LogP contribution in [0.5, 0.6) is 0 Å². The highest BCUT2D eigenvalue weighted by molar-refractivity contribution is 9.10. The lowest BCUT2D eigenvalue weighted by Crippen LogP contribution is -2.36. The average molecular weight is 493 g/mol. The summed E-state index contributed by atoms with van der Waals surface area (Å²) in [6, 6.07) is 2.40. The molecule has 0 radical (unpaired) electrons. The highest BCUT2D eigenvalue weighted by Crippen LogP contribution is 2.31. The molecule has 8 nitrogen and oxygen atoms in total. The van der Waals surface area contributed by atoms with Gasteiger partial charge in [-0.1, -0.05) is 0 Å². The fraction of sp³-hybridized carbons (Fsp3) is 0.500. The Labute approximate surface area is 175 Å². The zero-order valence-corrected chi connectivity index (χ0v) is 18.3. The average Bonchev–Trinajstić information content (AvgIpc) is 3.14. The molecule has 0 aliphatic heterocycles. The molecule has 1 aliphatic carbocycles. The number of benzene rings is 1. The van der Waals surface area contributed by atoms with E-state index < -0.39 is 20.7 Å². The molecule has 5 N–H and O–H groups in total. The third kappa shape index (κ3) is 5.83. The standard InChI is InChI=1S/C16H22BrFN6O2S2/c17-11-7-14(28(25,26)24-15-22-10-23-27-15)12(18)8-13(11)21-6-2-1-5-20-9-16(19)3-4-16/h7-8,10,20-21H,1-6,9,19H2,(H,22,23,24). The summed E-state index contributed by atoms with van der Waals surface area (Å²) in [5.74, 6) is -0.845. The lowest BCUT2D eigenvalue weighted by Gasteiger charge is -2.13. The van der Waals surface area contributed by atoms with Crippen molar-refractivity contribution in [1.82, 2.24) is 14.7 Å². The lowest BCUT2D eigenvalue weighted by molar-refractivity contribution is 0.552. The Kier molecular flexibility index (Phi) is 6.86. The molecule has 154 valence electrons. The maximum absolute atomic E-state index is 14.4. The predicted molar refractivity (Wildman–Crippen MR) is 112 cm³/mol. The normalized spacial score (nSPS) is 15.4. The van der Waals surface area contributed by atoms with Gasteiger partial charge in [0.05, 0.1) is 5.69 Å². The van der Waals surface area contributed by atoms with Crippen molar-refractivity contribution in [2.75, 3.05) is 29.7 Å². The van der Waals surface area contributed by atoms with Crippen LogP contribution in [0, 0.1) is 5.82 Å². The van der Waals surface area contributed by atoms with Crippen LogP contribution < -0.4 is 21.1 Å². The largest absolute Gasteiger partial charge is 0.384 e. The summed E-state index contributed by atoms with van der Waals surface area (Å²) in [6.07, 6.45) is 5.24. The maximum atomic E-state index is 14.4. The Bertz CT molecular complexity index is 906. The van der Waals surface area contributed by atoms with Gasteiger partial charge >= 0.3 is 0 Å². The van der Waals surface area contributed by atoms with E-state index in [0.717, 1.165) is 50.3 Å². The first-order valence-electron chi connectivity index (χ1n) is 8.81. The maximum Gasteiger partial charge on any atom is 0.266 e. The number of aromatic nitrogens is 2. The van der Waals surface area contributed by atoms with Gasteiger partial charge in [-0.15, -0.1) is 0 Å². The molecular weight excluding hydrogens is 471 g/mol. The number of nitrogens with zero attached hydrogens (tertiary/aromatic N) is 2. The molecule has 1 aromatic carbocycles. The van der Waals surface area contributed by atoms with Gasteiger partial charge in [0, 0.05) is 34.6 Å². The second-order valence-corrected chi connectivity index (χ2v) is 10.1. The molecular formula is C16H22BrFN6O2S2. The summed E-state index contributed by atoms with van der Waals surface area (Å²) < 4.78 is 45.5. The highest BCUT2D eigenvalue weighted by atomic mass is 79.9. The van der Waals surface area contributed by atoms with E-state index in [-0.39, 0.29) is 10.7 Å². The molecule has 2 aromatic rings. The monoisotopic (exact) mass is 492 g/mol. The van der Waals surface area contributed by atoms with Crippen LogP contribution in [-0.2, 0) is 10.0 Å². The molecule has 1 aromatic heterocycles. The van der Waals surface area contributed by atoms with Gasteiger partial charge in [0.15, 0.2) is 0 Å². The lowest BCUT2D eigenvalue weighted by atomic mass is 10.2. The van der Waals surface area contributed by atoms with Crippen molar-refractivity contribution in [3.63, 3.8) is 0 Å². The van der Waals surface area contributed by atoms with Crippen LogP contribution in [-0.4, -0.2) is 42.9 Å². The Hall–Kier alpha value is -1.34. The molecule has 1 fully saturated rings. The van der Waals surface area contributed by atoms with Crippen LogP contribution in [0.3, 0.4) is 0 Å². The fourth-order valence-electron chi connectivity index (χ4n) is 2.53. The van der Waals surface area contributed by atoms with Crippen molar-refractivity contribution < 1.29 is 12.8 Å². The Balaban J connectivity index is 1.50. The van der Waals surface area contributed by atoms with Gasteiger partial charge in [-0.25, -0.2) is 17.8 Å². The molecule has 1 aliphatic rings. The molecule has 0 amide bonds. The van der Waals surface area contributed by atoms with E-state index in [1.807, 2.05) is 0 Å². The fourth-order valence-corrected chi connectivity index (χ4v) is 4.91. The first-order chi connectivity index (χ1) is 13.3. The van der Waals surface area contributed by atoms with Gasteiger partial charge in [0.25, 0.3) is 10.0 Å². The first-order valence-corrected chi connectivity index (χ1v) is 11.9. The van der Waals surface area contributed by atoms with E-state index in [4.69, 9.17) is 5.73 Å². The van der Waals surface area contributed by atoms with E-state index in [1.165, 1.54) is 18.5 Å². The number of rotatable bonds is 11. The number of nitrogens with two attached hydrogens (primary N) is 1. The van der Waals surface area contributed by atoms with Crippen LogP contribution in [0.15, 0.2) is 27.8 Å². The number of unbranched alkanes of at least 4 members (excludes halogenated alkanes) is 1.